The molecule has 1 saturated heterocycles. The van der Waals surface area contributed by atoms with Gasteiger partial charge in [0.15, 0.2) is 0 Å². The van der Waals surface area contributed by atoms with E-state index < -0.39 is 16.1 Å². The van der Waals surface area contributed by atoms with Crippen LogP contribution in [0.1, 0.15) is 32.6 Å². The highest BCUT2D eigenvalue weighted by molar-refractivity contribution is 7.87. The molecule has 0 atom stereocenters. The van der Waals surface area contributed by atoms with Gasteiger partial charge in [0.25, 0.3) is 0 Å². The van der Waals surface area contributed by atoms with Crippen molar-refractivity contribution in [3.63, 3.8) is 0 Å². The highest BCUT2D eigenvalue weighted by Gasteiger charge is 2.26. The van der Waals surface area contributed by atoms with E-state index in [4.69, 9.17) is 4.74 Å². The van der Waals surface area contributed by atoms with Gasteiger partial charge in [0.2, 0.25) is 5.91 Å². The first-order valence-electron chi connectivity index (χ1n) is 5.94. The van der Waals surface area contributed by atoms with E-state index in [-0.39, 0.29) is 6.42 Å². The second-order valence-electron chi connectivity index (χ2n) is 3.94. The minimum Gasteiger partial charge on any atom is -0.382 e. The van der Waals surface area contributed by atoms with Crippen molar-refractivity contribution in [1.82, 2.24) is 9.03 Å². The third-order valence-electron chi connectivity index (χ3n) is 2.54. The predicted molar refractivity (Wildman–Crippen MR) is 63.6 cm³/mol. The van der Waals surface area contributed by atoms with E-state index in [1.54, 1.807) is 0 Å². The minimum atomic E-state index is -3.61. The standard InChI is InChI=1S/C10H20N2O4S/c1-2-16-9-5-6-10(13)11-17(14,15)12-7-3-4-8-12/h2-9H2,1H3,(H,11,13). The molecule has 0 aromatic carbocycles. The van der Waals surface area contributed by atoms with Gasteiger partial charge < -0.3 is 4.74 Å². The molecule has 0 spiro atoms. The van der Waals surface area contributed by atoms with E-state index in [2.05, 4.69) is 4.72 Å². The summed E-state index contributed by atoms with van der Waals surface area (Å²) in [5, 5.41) is 0. The van der Waals surface area contributed by atoms with Gasteiger partial charge in [-0.15, -0.1) is 0 Å². The zero-order valence-electron chi connectivity index (χ0n) is 10.1. The maximum absolute atomic E-state index is 11.7. The van der Waals surface area contributed by atoms with E-state index in [9.17, 15) is 13.2 Å². The monoisotopic (exact) mass is 264 g/mol. The lowest BCUT2D eigenvalue weighted by atomic mass is 10.3. The summed E-state index contributed by atoms with van der Waals surface area (Å²) in [6, 6.07) is 0. The van der Waals surface area contributed by atoms with Gasteiger partial charge in [-0.25, -0.2) is 4.72 Å². The Balaban J connectivity index is 2.29. The molecule has 6 nitrogen and oxygen atoms in total. The summed E-state index contributed by atoms with van der Waals surface area (Å²) in [4.78, 5) is 11.4. The summed E-state index contributed by atoms with van der Waals surface area (Å²) >= 11 is 0. The lowest BCUT2D eigenvalue weighted by Crippen LogP contribution is -2.42. The largest absolute Gasteiger partial charge is 0.382 e. The fraction of sp³-hybridized carbons (Fsp3) is 0.900. The Bertz CT molecular complexity index is 336. The molecule has 0 aromatic rings. The summed E-state index contributed by atoms with van der Waals surface area (Å²) in [6.45, 7) is 3.96. The molecule has 100 valence electrons. The summed E-state index contributed by atoms with van der Waals surface area (Å²) in [6.07, 6.45) is 2.43. The molecule has 17 heavy (non-hydrogen) atoms. The molecule has 0 aromatic heterocycles. The maximum Gasteiger partial charge on any atom is 0.303 e. The zero-order chi connectivity index (χ0) is 12.7. The van der Waals surface area contributed by atoms with Crippen molar-refractivity contribution in [2.75, 3.05) is 26.3 Å². The number of nitrogens with one attached hydrogen (secondary N) is 1. The van der Waals surface area contributed by atoms with Crippen molar-refractivity contribution >= 4 is 16.1 Å². The molecule has 0 radical (unpaired) electrons. The van der Waals surface area contributed by atoms with Crippen LogP contribution in [0, 0.1) is 0 Å². The Hall–Kier alpha value is -0.660. The SMILES string of the molecule is CCOCCCC(=O)NS(=O)(=O)N1CCCC1. The molecule has 1 fully saturated rings. The number of hydrogen-bond acceptors (Lipinski definition) is 4. The summed E-state index contributed by atoms with van der Waals surface area (Å²) in [5.74, 6) is -0.461. The Morgan fingerprint density at radius 3 is 2.59 bits per heavy atom. The average molecular weight is 264 g/mol. The Kier molecular flexibility index (Phi) is 5.87. The quantitative estimate of drug-likeness (QED) is 0.669. The third kappa shape index (κ3) is 5.01. The van der Waals surface area contributed by atoms with Crippen LogP contribution >= 0.6 is 0 Å². The molecule has 1 heterocycles. The molecular weight excluding hydrogens is 244 g/mol. The van der Waals surface area contributed by atoms with Crippen LogP contribution in [0.5, 0.6) is 0 Å². The lowest BCUT2D eigenvalue weighted by molar-refractivity contribution is -0.119. The normalized spacial score (nSPS) is 17.2. The Labute approximate surface area is 102 Å². The Morgan fingerprint density at radius 1 is 1.35 bits per heavy atom. The van der Waals surface area contributed by atoms with E-state index in [0.717, 1.165) is 12.8 Å². The third-order valence-corrected chi connectivity index (χ3v) is 4.08. The van der Waals surface area contributed by atoms with Gasteiger partial charge in [0.1, 0.15) is 0 Å². The lowest BCUT2D eigenvalue weighted by Gasteiger charge is -2.15. The zero-order valence-corrected chi connectivity index (χ0v) is 11.0. The van der Waals surface area contributed by atoms with E-state index >= 15 is 0 Å². The van der Waals surface area contributed by atoms with Crippen molar-refractivity contribution in [2.45, 2.75) is 32.6 Å². The van der Waals surface area contributed by atoms with Crippen LogP contribution in [0.4, 0.5) is 0 Å². The van der Waals surface area contributed by atoms with Crippen LogP contribution in [0.15, 0.2) is 0 Å². The highest BCUT2D eigenvalue weighted by atomic mass is 32.2. The summed E-state index contributed by atoms with van der Waals surface area (Å²) < 4.78 is 31.9. The number of nitrogens with zero attached hydrogens (tertiary/aromatic N) is 1. The van der Waals surface area contributed by atoms with Gasteiger partial charge in [0.05, 0.1) is 0 Å². The molecule has 1 aliphatic heterocycles. The molecule has 0 bridgehead atoms. The smallest absolute Gasteiger partial charge is 0.303 e. The van der Waals surface area contributed by atoms with E-state index in [0.29, 0.717) is 32.7 Å². The highest BCUT2D eigenvalue weighted by Crippen LogP contribution is 2.11. The van der Waals surface area contributed by atoms with Crippen LogP contribution in [0.2, 0.25) is 0 Å². The first kappa shape index (κ1) is 14.4. The number of rotatable bonds is 7. The van der Waals surface area contributed by atoms with Crippen LogP contribution in [-0.2, 0) is 19.7 Å². The van der Waals surface area contributed by atoms with Gasteiger partial charge in [-0.3, -0.25) is 4.79 Å². The molecular formula is C10H20N2O4S. The molecule has 0 unspecified atom stereocenters. The number of hydrogen-bond donors (Lipinski definition) is 1. The summed E-state index contributed by atoms with van der Waals surface area (Å²) in [7, 11) is -3.61. The Morgan fingerprint density at radius 2 is 2.00 bits per heavy atom. The predicted octanol–water partition coefficient (Wildman–Crippen LogP) is 0.260. The molecule has 1 amide bonds. The van der Waals surface area contributed by atoms with Crippen molar-refractivity contribution in [3.8, 4) is 0 Å². The molecule has 1 aliphatic rings. The van der Waals surface area contributed by atoms with Crippen LogP contribution in [-0.4, -0.2) is 44.9 Å². The second-order valence-corrected chi connectivity index (χ2v) is 5.61. The second kappa shape index (κ2) is 6.93. The number of ether oxygens (including phenoxy) is 1. The van der Waals surface area contributed by atoms with Crippen molar-refractivity contribution in [2.24, 2.45) is 0 Å². The van der Waals surface area contributed by atoms with Crippen molar-refractivity contribution in [3.05, 3.63) is 0 Å². The van der Waals surface area contributed by atoms with E-state index in [1.807, 2.05) is 6.92 Å². The number of carbonyl (C=O) groups excluding carboxylic acids is 1. The topological polar surface area (TPSA) is 75.7 Å². The molecule has 1 rings (SSSR count). The number of carbonyl (C=O) groups is 1. The van der Waals surface area contributed by atoms with Crippen molar-refractivity contribution < 1.29 is 17.9 Å². The van der Waals surface area contributed by atoms with Gasteiger partial charge in [-0.1, -0.05) is 0 Å². The van der Waals surface area contributed by atoms with Crippen molar-refractivity contribution in [1.29, 1.82) is 0 Å². The molecule has 0 saturated carbocycles. The maximum atomic E-state index is 11.7. The fourth-order valence-corrected chi connectivity index (χ4v) is 2.92. The minimum absolute atomic E-state index is 0.174. The first-order valence-corrected chi connectivity index (χ1v) is 7.38. The van der Waals surface area contributed by atoms with E-state index in [1.165, 1.54) is 4.31 Å². The van der Waals surface area contributed by atoms with Gasteiger partial charge in [0, 0.05) is 32.7 Å². The van der Waals surface area contributed by atoms with Gasteiger partial charge >= 0.3 is 10.2 Å². The van der Waals surface area contributed by atoms with Gasteiger partial charge in [-0.2, -0.15) is 12.7 Å². The summed E-state index contributed by atoms with van der Waals surface area (Å²) in [5.41, 5.74) is 0. The average Bonchev–Trinajstić information content (AvgIpc) is 2.77. The fourth-order valence-electron chi connectivity index (χ4n) is 1.67. The number of amides is 1. The molecule has 1 N–H and O–H groups in total. The molecule has 0 aliphatic carbocycles. The van der Waals surface area contributed by atoms with Gasteiger partial charge in [-0.05, 0) is 26.2 Å². The first-order chi connectivity index (χ1) is 8.06. The molecule has 7 heteroatoms. The van der Waals surface area contributed by atoms with Crippen LogP contribution in [0.25, 0.3) is 0 Å². The van der Waals surface area contributed by atoms with Crippen LogP contribution < -0.4 is 4.72 Å². The van der Waals surface area contributed by atoms with Crippen LogP contribution in [0.3, 0.4) is 0 Å².